The molecule has 0 aromatic rings. The molecule has 0 amide bonds. The van der Waals surface area contributed by atoms with E-state index in [-0.39, 0.29) is 30.4 Å². The minimum Gasteiger partial charge on any atom is -0.329 e. The summed E-state index contributed by atoms with van der Waals surface area (Å²) in [6, 6.07) is 0. The van der Waals surface area contributed by atoms with Gasteiger partial charge in [0, 0.05) is 18.6 Å². The van der Waals surface area contributed by atoms with Crippen molar-refractivity contribution in [3.8, 4) is 0 Å². The third-order valence-corrected chi connectivity index (χ3v) is 0.800. The van der Waals surface area contributed by atoms with Crippen molar-refractivity contribution in [2.75, 3.05) is 13.1 Å². The highest BCUT2D eigenvalue weighted by molar-refractivity contribution is 5.85. The van der Waals surface area contributed by atoms with Gasteiger partial charge in [-0.25, -0.2) is 0 Å². The highest BCUT2D eigenvalue weighted by Gasteiger charge is 2.05. The maximum absolute atomic E-state index is 5.27. The van der Waals surface area contributed by atoms with Crippen LogP contribution in [0, 0.1) is 0 Å². The molecular formula is C6H18Cl2N2. The summed E-state index contributed by atoms with van der Waals surface area (Å²) in [7, 11) is 0. The second-order valence-corrected chi connectivity index (χ2v) is 2.97. The summed E-state index contributed by atoms with van der Waals surface area (Å²) in [4.78, 5) is 0. The molecular weight excluding hydrogens is 171 g/mol. The number of hydrogen-bond acceptors (Lipinski definition) is 2. The largest absolute Gasteiger partial charge is 0.329 e. The Kier molecular flexibility index (Phi) is 12.8. The second-order valence-electron chi connectivity index (χ2n) is 2.97. The predicted molar refractivity (Wildman–Crippen MR) is 51.3 cm³/mol. The van der Waals surface area contributed by atoms with Crippen molar-refractivity contribution in [1.29, 1.82) is 0 Å². The molecule has 0 aromatic heterocycles. The fraction of sp³-hybridized carbons (Fsp3) is 1.00. The van der Waals surface area contributed by atoms with E-state index < -0.39 is 0 Å². The highest BCUT2D eigenvalue weighted by Crippen LogP contribution is 1.95. The molecule has 0 aliphatic carbocycles. The summed E-state index contributed by atoms with van der Waals surface area (Å²) in [5.74, 6) is 0. The van der Waals surface area contributed by atoms with Crippen LogP contribution in [0.2, 0.25) is 0 Å². The van der Waals surface area contributed by atoms with Crippen LogP contribution in [0.15, 0.2) is 0 Å². The monoisotopic (exact) mass is 188 g/mol. The van der Waals surface area contributed by atoms with Gasteiger partial charge in [0.1, 0.15) is 0 Å². The van der Waals surface area contributed by atoms with Crippen molar-refractivity contribution < 1.29 is 0 Å². The van der Waals surface area contributed by atoms with E-state index in [1.807, 2.05) is 0 Å². The first-order chi connectivity index (χ1) is 3.56. The van der Waals surface area contributed by atoms with Crippen molar-refractivity contribution in [2.24, 2.45) is 5.73 Å². The third-order valence-electron chi connectivity index (χ3n) is 0.800. The molecule has 0 rings (SSSR count). The van der Waals surface area contributed by atoms with Gasteiger partial charge in [0.25, 0.3) is 0 Å². The van der Waals surface area contributed by atoms with Crippen molar-refractivity contribution in [3.63, 3.8) is 0 Å². The van der Waals surface area contributed by atoms with E-state index in [2.05, 4.69) is 26.1 Å². The first kappa shape index (κ1) is 16.8. The van der Waals surface area contributed by atoms with Crippen molar-refractivity contribution >= 4 is 24.8 Å². The van der Waals surface area contributed by atoms with Crippen LogP contribution >= 0.6 is 24.8 Å². The lowest BCUT2D eigenvalue weighted by molar-refractivity contribution is 0.432. The van der Waals surface area contributed by atoms with Crippen LogP contribution in [-0.4, -0.2) is 18.6 Å². The molecule has 0 saturated carbocycles. The summed E-state index contributed by atoms with van der Waals surface area (Å²) in [5.41, 5.74) is 5.49. The number of nitrogens with two attached hydrogens (primary N) is 1. The summed E-state index contributed by atoms with van der Waals surface area (Å²) in [5, 5.41) is 3.25. The van der Waals surface area contributed by atoms with Gasteiger partial charge in [0.05, 0.1) is 0 Å². The highest BCUT2D eigenvalue weighted by atomic mass is 35.5. The molecule has 2 nitrogen and oxygen atoms in total. The molecule has 66 valence electrons. The van der Waals surface area contributed by atoms with Gasteiger partial charge in [-0.15, -0.1) is 24.8 Å². The molecule has 0 heterocycles. The number of hydrogen-bond donors (Lipinski definition) is 2. The Morgan fingerprint density at radius 2 is 1.60 bits per heavy atom. The Hall–Kier alpha value is 0.500. The van der Waals surface area contributed by atoms with E-state index in [9.17, 15) is 0 Å². The van der Waals surface area contributed by atoms with E-state index in [0.29, 0.717) is 0 Å². The normalized spacial score (nSPS) is 9.60. The molecule has 3 N–H and O–H groups in total. The first-order valence-electron chi connectivity index (χ1n) is 3.01. The zero-order valence-electron chi connectivity index (χ0n) is 6.81. The van der Waals surface area contributed by atoms with Gasteiger partial charge in [-0.3, -0.25) is 0 Å². The molecule has 10 heavy (non-hydrogen) atoms. The van der Waals surface area contributed by atoms with Gasteiger partial charge in [-0.05, 0) is 20.8 Å². The lowest BCUT2D eigenvalue weighted by Gasteiger charge is -2.19. The van der Waals surface area contributed by atoms with Crippen LogP contribution in [0.25, 0.3) is 0 Å². The quantitative estimate of drug-likeness (QED) is 0.684. The van der Waals surface area contributed by atoms with Gasteiger partial charge in [0.15, 0.2) is 0 Å². The van der Waals surface area contributed by atoms with E-state index >= 15 is 0 Å². The van der Waals surface area contributed by atoms with Crippen LogP contribution in [0.4, 0.5) is 0 Å². The first-order valence-corrected chi connectivity index (χ1v) is 3.01. The van der Waals surface area contributed by atoms with E-state index in [0.717, 1.165) is 13.1 Å². The molecule has 0 unspecified atom stereocenters. The third kappa shape index (κ3) is 15.8. The van der Waals surface area contributed by atoms with Gasteiger partial charge >= 0.3 is 0 Å². The maximum Gasteiger partial charge on any atom is 0.00970 e. The molecule has 0 radical (unpaired) electrons. The standard InChI is InChI=1S/C6H16N2.2ClH/c1-6(2,3)8-5-4-7;;/h8H,4-5,7H2,1-3H3;2*1H. The summed E-state index contributed by atoms with van der Waals surface area (Å²) in [6.07, 6.45) is 0. The Balaban J connectivity index is -0.000000245. The van der Waals surface area contributed by atoms with Gasteiger partial charge in [0.2, 0.25) is 0 Å². The minimum atomic E-state index is 0. The molecule has 0 saturated heterocycles. The van der Waals surface area contributed by atoms with Gasteiger partial charge in [-0.2, -0.15) is 0 Å². The maximum atomic E-state index is 5.27. The molecule has 0 aliphatic heterocycles. The van der Waals surface area contributed by atoms with Crippen molar-refractivity contribution in [1.82, 2.24) is 5.32 Å². The van der Waals surface area contributed by atoms with E-state index in [4.69, 9.17) is 5.73 Å². The van der Waals surface area contributed by atoms with Gasteiger partial charge in [-0.1, -0.05) is 0 Å². The van der Waals surface area contributed by atoms with Crippen LogP contribution < -0.4 is 11.1 Å². The van der Waals surface area contributed by atoms with Crippen LogP contribution in [0.3, 0.4) is 0 Å². The Morgan fingerprint density at radius 1 is 1.20 bits per heavy atom. The summed E-state index contributed by atoms with van der Waals surface area (Å²) < 4.78 is 0. The Morgan fingerprint density at radius 3 is 1.70 bits per heavy atom. The van der Waals surface area contributed by atoms with Gasteiger partial charge < -0.3 is 11.1 Å². The molecule has 0 aliphatic rings. The average molecular weight is 189 g/mol. The molecule has 0 bridgehead atoms. The van der Waals surface area contributed by atoms with Crippen LogP contribution in [0.1, 0.15) is 20.8 Å². The summed E-state index contributed by atoms with van der Waals surface area (Å²) in [6.45, 7) is 8.01. The Bertz CT molecular complexity index is 61.3. The molecule has 0 spiro atoms. The number of rotatable bonds is 2. The molecule has 0 atom stereocenters. The number of halogens is 2. The fourth-order valence-electron chi connectivity index (χ4n) is 0.447. The number of nitrogens with one attached hydrogen (secondary N) is 1. The average Bonchev–Trinajstić information content (AvgIpc) is 1.59. The topological polar surface area (TPSA) is 38.0 Å². The lowest BCUT2D eigenvalue weighted by atomic mass is 10.1. The van der Waals surface area contributed by atoms with Crippen molar-refractivity contribution in [3.05, 3.63) is 0 Å². The zero-order chi connectivity index (χ0) is 6.62. The van der Waals surface area contributed by atoms with E-state index in [1.54, 1.807) is 0 Å². The van der Waals surface area contributed by atoms with Crippen molar-refractivity contribution in [2.45, 2.75) is 26.3 Å². The minimum absolute atomic E-state index is 0. The summed E-state index contributed by atoms with van der Waals surface area (Å²) >= 11 is 0. The fourth-order valence-corrected chi connectivity index (χ4v) is 0.447. The molecule has 0 fully saturated rings. The predicted octanol–water partition coefficient (Wildman–Crippen LogP) is 1.18. The zero-order valence-corrected chi connectivity index (χ0v) is 8.44. The molecule has 0 aromatic carbocycles. The SMILES string of the molecule is CC(C)(C)NCCN.Cl.Cl. The Labute approximate surface area is 75.8 Å². The van der Waals surface area contributed by atoms with E-state index in [1.165, 1.54) is 0 Å². The molecule has 4 heteroatoms. The lowest BCUT2D eigenvalue weighted by Crippen LogP contribution is -2.38. The van der Waals surface area contributed by atoms with Crippen LogP contribution in [0.5, 0.6) is 0 Å². The van der Waals surface area contributed by atoms with Crippen LogP contribution in [-0.2, 0) is 0 Å². The second kappa shape index (κ2) is 7.61. The smallest absolute Gasteiger partial charge is 0.00970 e.